The van der Waals surface area contributed by atoms with Crippen LogP contribution in [-0.2, 0) is 25.9 Å². The molecular weight excluding hydrogens is 304 g/mol. The molecule has 0 spiro atoms. The summed E-state index contributed by atoms with van der Waals surface area (Å²) in [5, 5.41) is 1.46. The van der Waals surface area contributed by atoms with Gasteiger partial charge in [-0.2, -0.15) is 0 Å². The monoisotopic (exact) mass is 332 g/mol. The zero-order valence-corrected chi connectivity index (χ0v) is 15.8. The first kappa shape index (κ1) is 16.4. The third-order valence-corrected chi connectivity index (χ3v) is 5.84. The highest BCUT2D eigenvalue weighted by atomic mass is 15.1. The van der Waals surface area contributed by atoms with E-state index in [1.165, 1.54) is 27.6 Å². The van der Waals surface area contributed by atoms with Gasteiger partial charge in [0, 0.05) is 42.1 Å². The van der Waals surface area contributed by atoms with Gasteiger partial charge in [-0.15, -0.1) is 0 Å². The molecule has 0 bridgehead atoms. The SMILES string of the molecule is Cc1ccc(CCn2c3c(c4cc(C)ccc42)CN(C)C(C)C3)cc1. The smallest absolute Gasteiger partial charge is 0.0486 e. The molecule has 2 aromatic carbocycles. The van der Waals surface area contributed by atoms with Crippen molar-refractivity contribution in [1.29, 1.82) is 0 Å². The summed E-state index contributed by atoms with van der Waals surface area (Å²) in [5.74, 6) is 0. The van der Waals surface area contributed by atoms with Crippen LogP contribution < -0.4 is 0 Å². The molecule has 130 valence electrons. The van der Waals surface area contributed by atoms with Crippen molar-refractivity contribution in [2.24, 2.45) is 0 Å². The van der Waals surface area contributed by atoms with Gasteiger partial charge in [0.1, 0.15) is 0 Å². The highest BCUT2D eigenvalue weighted by Crippen LogP contribution is 2.33. The summed E-state index contributed by atoms with van der Waals surface area (Å²) >= 11 is 0. The van der Waals surface area contributed by atoms with Crippen LogP contribution in [0.1, 0.15) is 34.9 Å². The lowest BCUT2D eigenvalue weighted by Gasteiger charge is -2.31. The lowest BCUT2D eigenvalue weighted by atomic mass is 9.99. The van der Waals surface area contributed by atoms with Crippen LogP contribution in [0.4, 0.5) is 0 Å². The lowest BCUT2D eigenvalue weighted by molar-refractivity contribution is 0.228. The molecular formula is C23H28N2. The molecule has 3 aromatic rings. The number of fused-ring (bicyclic) bond motifs is 3. The van der Waals surface area contributed by atoms with Crippen LogP contribution in [0.5, 0.6) is 0 Å². The van der Waals surface area contributed by atoms with Crippen molar-refractivity contribution < 1.29 is 0 Å². The fraction of sp³-hybridized carbons (Fsp3) is 0.391. The zero-order valence-electron chi connectivity index (χ0n) is 15.8. The first-order valence-electron chi connectivity index (χ1n) is 9.39. The van der Waals surface area contributed by atoms with E-state index in [4.69, 9.17) is 0 Å². The largest absolute Gasteiger partial charge is 0.344 e. The molecule has 2 nitrogen and oxygen atoms in total. The Labute approximate surface area is 151 Å². The molecule has 2 heterocycles. The molecule has 1 aromatic heterocycles. The van der Waals surface area contributed by atoms with Gasteiger partial charge in [0.15, 0.2) is 0 Å². The molecule has 1 aliphatic heterocycles. The van der Waals surface area contributed by atoms with E-state index in [1.807, 2.05) is 0 Å². The van der Waals surface area contributed by atoms with Gasteiger partial charge in [-0.05, 0) is 57.5 Å². The molecule has 1 atom stereocenters. The maximum Gasteiger partial charge on any atom is 0.0486 e. The number of nitrogens with zero attached hydrogens (tertiary/aromatic N) is 2. The van der Waals surface area contributed by atoms with Gasteiger partial charge in [0.2, 0.25) is 0 Å². The highest BCUT2D eigenvalue weighted by molar-refractivity contribution is 5.86. The Balaban J connectivity index is 1.74. The fourth-order valence-electron chi connectivity index (χ4n) is 4.09. The van der Waals surface area contributed by atoms with Gasteiger partial charge in [-0.3, -0.25) is 4.90 Å². The number of hydrogen-bond donors (Lipinski definition) is 0. The molecule has 0 aliphatic carbocycles. The summed E-state index contributed by atoms with van der Waals surface area (Å²) in [6.07, 6.45) is 2.24. The van der Waals surface area contributed by atoms with Crippen molar-refractivity contribution in [1.82, 2.24) is 9.47 Å². The Morgan fingerprint density at radius 2 is 1.72 bits per heavy atom. The minimum Gasteiger partial charge on any atom is -0.344 e. The maximum absolute atomic E-state index is 2.59. The summed E-state index contributed by atoms with van der Waals surface area (Å²) in [4.78, 5) is 2.48. The van der Waals surface area contributed by atoms with Crippen molar-refractivity contribution >= 4 is 10.9 Å². The van der Waals surface area contributed by atoms with E-state index in [0.717, 1.165) is 25.9 Å². The standard InChI is InChI=1S/C23H28N2/c1-16-5-8-19(9-6-16)11-12-25-22-10-7-17(2)13-20(22)21-15-24(4)18(3)14-23(21)25/h5-10,13,18H,11-12,14-15H2,1-4H3. The molecule has 1 aliphatic rings. The molecule has 4 rings (SSSR count). The molecule has 0 N–H and O–H groups in total. The number of aromatic nitrogens is 1. The van der Waals surface area contributed by atoms with Crippen LogP contribution in [0.15, 0.2) is 42.5 Å². The average Bonchev–Trinajstić information content (AvgIpc) is 2.87. The van der Waals surface area contributed by atoms with Crippen LogP contribution in [0.2, 0.25) is 0 Å². The third kappa shape index (κ3) is 3.00. The Kier molecular flexibility index (Phi) is 4.16. The van der Waals surface area contributed by atoms with E-state index in [9.17, 15) is 0 Å². The third-order valence-electron chi connectivity index (χ3n) is 5.84. The second kappa shape index (κ2) is 6.34. The second-order valence-electron chi connectivity index (χ2n) is 7.80. The van der Waals surface area contributed by atoms with Crippen molar-refractivity contribution in [2.45, 2.75) is 52.7 Å². The molecule has 0 fully saturated rings. The van der Waals surface area contributed by atoms with Crippen molar-refractivity contribution in [3.8, 4) is 0 Å². The number of rotatable bonds is 3. The summed E-state index contributed by atoms with van der Waals surface area (Å²) < 4.78 is 2.59. The molecule has 0 saturated carbocycles. The Bertz CT molecular complexity index is 902. The van der Waals surface area contributed by atoms with E-state index in [-0.39, 0.29) is 0 Å². The number of benzene rings is 2. The average molecular weight is 332 g/mol. The summed E-state index contributed by atoms with van der Waals surface area (Å²) in [6, 6.07) is 16.5. The topological polar surface area (TPSA) is 8.17 Å². The Hall–Kier alpha value is -2.06. The quantitative estimate of drug-likeness (QED) is 0.664. The summed E-state index contributed by atoms with van der Waals surface area (Å²) in [7, 11) is 2.25. The molecule has 0 radical (unpaired) electrons. The fourth-order valence-corrected chi connectivity index (χ4v) is 4.09. The lowest BCUT2D eigenvalue weighted by Crippen LogP contribution is -2.35. The predicted octanol–water partition coefficient (Wildman–Crippen LogP) is 4.88. The summed E-state index contributed by atoms with van der Waals surface area (Å²) in [6.45, 7) is 8.82. The van der Waals surface area contributed by atoms with Crippen molar-refractivity contribution in [3.05, 3.63) is 70.4 Å². The first-order valence-corrected chi connectivity index (χ1v) is 9.39. The van der Waals surface area contributed by atoms with Gasteiger partial charge >= 0.3 is 0 Å². The predicted molar refractivity (Wildman–Crippen MR) is 106 cm³/mol. The number of hydrogen-bond acceptors (Lipinski definition) is 1. The highest BCUT2D eigenvalue weighted by Gasteiger charge is 2.26. The minimum absolute atomic E-state index is 0.607. The van der Waals surface area contributed by atoms with E-state index >= 15 is 0 Å². The molecule has 0 saturated heterocycles. The van der Waals surface area contributed by atoms with Crippen molar-refractivity contribution in [2.75, 3.05) is 7.05 Å². The van der Waals surface area contributed by atoms with Gasteiger partial charge in [0.05, 0.1) is 0 Å². The molecule has 1 unspecified atom stereocenters. The van der Waals surface area contributed by atoms with Crippen LogP contribution in [0.25, 0.3) is 10.9 Å². The van der Waals surface area contributed by atoms with E-state index in [1.54, 1.807) is 11.3 Å². The molecule has 25 heavy (non-hydrogen) atoms. The zero-order chi connectivity index (χ0) is 17.6. The van der Waals surface area contributed by atoms with Gasteiger partial charge in [0.25, 0.3) is 0 Å². The first-order chi connectivity index (χ1) is 12.0. The minimum atomic E-state index is 0.607. The van der Waals surface area contributed by atoms with Gasteiger partial charge < -0.3 is 4.57 Å². The number of aryl methyl sites for hydroxylation is 4. The second-order valence-corrected chi connectivity index (χ2v) is 7.80. The van der Waals surface area contributed by atoms with E-state index < -0.39 is 0 Å². The van der Waals surface area contributed by atoms with Crippen LogP contribution in [0.3, 0.4) is 0 Å². The summed E-state index contributed by atoms with van der Waals surface area (Å²) in [5.41, 5.74) is 8.62. The van der Waals surface area contributed by atoms with Crippen LogP contribution in [-0.4, -0.2) is 22.6 Å². The normalized spacial score (nSPS) is 17.8. The van der Waals surface area contributed by atoms with Crippen LogP contribution >= 0.6 is 0 Å². The van der Waals surface area contributed by atoms with E-state index in [0.29, 0.717) is 6.04 Å². The van der Waals surface area contributed by atoms with Gasteiger partial charge in [-0.25, -0.2) is 0 Å². The van der Waals surface area contributed by atoms with E-state index in [2.05, 4.69) is 79.8 Å². The van der Waals surface area contributed by atoms with Gasteiger partial charge in [-0.1, -0.05) is 41.5 Å². The Morgan fingerprint density at radius 3 is 2.48 bits per heavy atom. The van der Waals surface area contributed by atoms with Crippen molar-refractivity contribution in [3.63, 3.8) is 0 Å². The molecule has 0 amide bonds. The Morgan fingerprint density at radius 1 is 1.00 bits per heavy atom. The van der Waals surface area contributed by atoms with Crippen LogP contribution in [0, 0.1) is 13.8 Å². The maximum atomic E-state index is 2.59. The number of likely N-dealkylation sites (N-methyl/N-ethyl adjacent to an activating group) is 1. The molecule has 2 heteroatoms.